The Morgan fingerprint density at radius 1 is 1.41 bits per heavy atom. The Kier molecular flexibility index (Phi) is 5.77. The molecule has 96 valence electrons. The summed E-state index contributed by atoms with van der Waals surface area (Å²) in [5.74, 6) is 1.92. The molecular formula is C13H22N2O2. The van der Waals surface area contributed by atoms with Gasteiger partial charge in [0.1, 0.15) is 11.5 Å². The molecule has 0 fully saturated rings. The van der Waals surface area contributed by atoms with Gasteiger partial charge in [-0.3, -0.25) is 4.79 Å². The van der Waals surface area contributed by atoms with Gasteiger partial charge in [-0.1, -0.05) is 6.92 Å². The highest BCUT2D eigenvalue weighted by atomic mass is 16.3. The van der Waals surface area contributed by atoms with E-state index >= 15 is 0 Å². The number of rotatable bonds is 7. The second kappa shape index (κ2) is 7.12. The van der Waals surface area contributed by atoms with Gasteiger partial charge in [0.25, 0.3) is 0 Å². The molecule has 0 aromatic carbocycles. The summed E-state index contributed by atoms with van der Waals surface area (Å²) in [6.07, 6.45) is 1.48. The van der Waals surface area contributed by atoms with Crippen LogP contribution in [0.15, 0.2) is 16.5 Å². The van der Waals surface area contributed by atoms with E-state index in [1.807, 2.05) is 32.9 Å². The molecule has 17 heavy (non-hydrogen) atoms. The average molecular weight is 238 g/mol. The molecule has 0 saturated heterocycles. The average Bonchev–Trinajstić information content (AvgIpc) is 2.73. The maximum Gasteiger partial charge on any atom is 0.221 e. The SMILES string of the molecule is CCCNC(=O)CCNC(C)c1ccc(C)o1. The Bertz CT molecular complexity index is 347. The zero-order chi connectivity index (χ0) is 12.7. The van der Waals surface area contributed by atoms with Crippen molar-refractivity contribution in [2.24, 2.45) is 0 Å². The zero-order valence-electron chi connectivity index (χ0n) is 10.9. The molecule has 2 N–H and O–H groups in total. The van der Waals surface area contributed by atoms with E-state index in [0.29, 0.717) is 13.0 Å². The third-order valence-electron chi connectivity index (χ3n) is 2.56. The molecule has 0 bridgehead atoms. The van der Waals surface area contributed by atoms with Crippen LogP contribution in [-0.2, 0) is 4.79 Å². The Labute approximate surface area is 103 Å². The summed E-state index contributed by atoms with van der Waals surface area (Å²) in [5.41, 5.74) is 0. The topological polar surface area (TPSA) is 54.3 Å². The van der Waals surface area contributed by atoms with Crippen LogP contribution in [0.5, 0.6) is 0 Å². The third-order valence-corrected chi connectivity index (χ3v) is 2.56. The molecule has 4 nitrogen and oxygen atoms in total. The minimum Gasteiger partial charge on any atom is -0.465 e. The van der Waals surface area contributed by atoms with Crippen LogP contribution in [0.3, 0.4) is 0 Å². The highest BCUT2D eigenvalue weighted by Gasteiger charge is 2.09. The molecule has 4 heteroatoms. The van der Waals surface area contributed by atoms with Crippen LogP contribution in [0, 0.1) is 6.92 Å². The van der Waals surface area contributed by atoms with Gasteiger partial charge in [-0.05, 0) is 32.4 Å². The van der Waals surface area contributed by atoms with Crippen molar-refractivity contribution >= 4 is 5.91 Å². The second-order valence-electron chi connectivity index (χ2n) is 4.22. The molecule has 1 amide bonds. The molecule has 0 radical (unpaired) electrons. The summed E-state index contributed by atoms with van der Waals surface area (Å²) in [6, 6.07) is 4.05. The number of hydrogen-bond donors (Lipinski definition) is 2. The van der Waals surface area contributed by atoms with E-state index in [-0.39, 0.29) is 11.9 Å². The number of amides is 1. The minimum atomic E-state index is 0.0992. The molecule has 0 aliphatic heterocycles. The summed E-state index contributed by atoms with van der Waals surface area (Å²) in [7, 11) is 0. The van der Waals surface area contributed by atoms with Crippen molar-refractivity contribution in [1.82, 2.24) is 10.6 Å². The lowest BCUT2D eigenvalue weighted by Gasteiger charge is -2.11. The van der Waals surface area contributed by atoms with Crippen molar-refractivity contribution in [2.75, 3.05) is 13.1 Å². The summed E-state index contributed by atoms with van der Waals surface area (Å²) in [6.45, 7) is 7.42. The first-order valence-electron chi connectivity index (χ1n) is 6.20. The fraction of sp³-hybridized carbons (Fsp3) is 0.615. The van der Waals surface area contributed by atoms with Crippen molar-refractivity contribution in [2.45, 2.75) is 39.7 Å². The lowest BCUT2D eigenvalue weighted by atomic mass is 10.2. The van der Waals surface area contributed by atoms with Gasteiger partial charge >= 0.3 is 0 Å². The minimum absolute atomic E-state index is 0.0992. The first-order chi connectivity index (χ1) is 8.13. The molecule has 0 spiro atoms. The lowest BCUT2D eigenvalue weighted by molar-refractivity contribution is -0.121. The van der Waals surface area contributed by atoms with E-state index in [4.69, 9.17) is 4.42 Å². The summed E-state index contributed by atoms with van der Waals surface area (Å²) in [5, 5.41) is 6.11. The first kappa shape index (κ1) is 13.8. The molecule has 0 aliphatic carbocycles. The fourth-order valence-electron chi connectivity index (χ4n) is 1.54. The van der Waals surface area contributed by atoms with Crippen LogP contribution in [0.1, 0.15) is 44.3 Å². The van der Waals surface area contributed by atoms with Crippen LogP contribution in [0.4, 0.5) is 0 Å². The smallest absolute Gasteiger partial charge is 0.221 e. The molecule has 1 unspecified atom stereocenters. The molecule has 1 rings (SSSR count). The lowest BCUT2D eigenvalue weighted by Crippen LogP contribution is -2.29. The number of furan rings is 1. The molecule has 0 saturated carbocycles. The number of hydrogen-bond acceptors (Lipinski definition) is 3. The van der Waals surface area contributed by atoms with Crippen LogP contribution in [0.2, 0.25) is 0 Å². The van der Waals surface area contributed by atoms with Crippen molar-refractivity contribution in [1.29, 1.82) is 0 Å². The molecule has 0 aliphatic rings. The van der Waals surface area contributed by atoms with Crippen LogP contribution in [0.25, 0.3) is 0 Å². The van der Waals surface area contributed by atoms with E-state index in [9.17, 15) is 4.79 Å². The Morgan fingerprint density at radius 2 is 2.18 bits per heavy atom. The van der Waals surface area contributed by atoms with Gasteiger partial charge < -0.3 is 15.1 Å². The van der Waals surface area contributed by atoms with Gasteiger partial charge in [0.05, 0.1) is 6.04 Å². The molecule has 1 aromatic heterocycles. The van der Waals surface area contributed by atoms with Crippen LogP contribution < -0.4 is 10.6 Å². The van der Waals surface area contributed by atoms with Gasteiger partial charge in [-0.15, -0.1) is 0 Å². The van der Waals surface area contributed by atoms with E-state index in [1.165, 1.54) is 0 Å². The predicted octanol–water partition coefficient (Wildman–Crippen LogP) is 2.15. The Balaban J connectivity index is 2.20. The third kappa shape index (κ3) is 5.04. The predicted molar refractivity (Wildman–Crippen MR) is 67.8 cm³/mol. The molecule has 1 atom stereocenters. The van der Waals surface area contributed by atoms with Crippen molar-refractivity contribution in [3.63, 3.8) is 0 Å². The number of nitrogens with one attached hydrogen (secondary N) is 2. The van der Waals surface area contributed by atoms with Gasteiger partial charge in [-0.25, -0.2) is 0 Å². The zero-order valence-corrected chi connectivity index (χ0v) is 10.9. The Morgan fingerprint density at radius 3 is 2.76 bits per heavy atom. The number of carbonyl (C=O) groups excluding carboxylic acids is 1. The summed E-state index contributed by atoms with van der Waals surface area (Å²) >= 11 is 0. The van der Waals surface area contributed by atoms with E-state index in [0.717, 1.165) is 24.5 Å². The second-order valence-corrected chi connectivity index (χ2v) is 4.22. The Hall–Kier alpha value is -1.29. The standard InChI is InChI=1S/C13H22N2O2/c1-4-8-15-13(16)7-9-14-11(3)12-6-5-10(2)17-12/h5-6,11,14H,4,7-9H2,1-3H3,(H,15,16). The molecular weight excluding hydrogens is 216 g/mol. The van der Waals surface area contributed by atoms with Crippen LogP contribution >= 0.6 is 0 Å². The summed E-state index contributed by atoms with van der Waals surface area (Å²) < 4.78 is 5.50. The molecule has 1 heterocycles. The highest BCUT2D eigenvalue weighted by Crippen LogP contribution is 2.15. The van der Waals surface area contributed by atoms with Gasteiger partial charge in [0.15, 0.2) is 0 Å². The van der Waals surface area contributed by atoms with Crippen LogP contribution in [-0.4, -0.2) is 19.0 Å². The van der Waals surface area contributed by atoms with Gasteiger partial charge in [-0.2, -0.15) is 0 Å². The fourth-order valence-corrected chi connectivity index (χ4v) is 1.54. The summed E-state index contributed by atoms with van der Waals surface area (Å²) in [4.78, 5) is 11.3. The van der Waals surface area contributed by atoms with E-state index in [1.54, 1.807) is 0 Å². The van der Waals surface area contributed by atoms with E-state index in [2.05, 4.69) is 10.6 Å². The number of aryl methyl sites for hydroxylation is 1. The first-order valence-corrected chi connectivity index (χ1v) is 6.20. The largest absolute Gasteiger partial charge is 0.465 e. The molecule has 1 aromatic rings. The van der Waals surface area contributed by atoms with E-state index < -0.39 is 0 Å². The van der Waals surface area contributed by atoms with Gasteiger partial charge in [0, 0.05) is 19.5 Å². The maximum atomic E-state index is 11.3. The van der Waals surface area contributed by atoms with Crippen molar-refractivity contribution < 1.29 is 9.21 Å². The monoisotopic (exact) mass is 238 g/mol. The quantitative estimate of drug-likeness (QED) is 0.765. The maximum absolute atomic E-state index is 11.3. The normalized spacial score (nSPS) is 12.4. The number of carbonyl (C=O) groups is 1. The van der Waals surface area contributed by atoms with Crippen molar-refractivity contribution in [3.8, 4) is 0 Å². The van der Waals surface area contributed by atoms with Crippen molar-refractivity contribution in [3.05, 3.63) is 23.7 Å². The van der Waals surface area contributed by atoms with Gasteiger partial charge in [0.2, 0.25) is 5.91 Å². The highest BCUT2D eigenvalue weighted by molar-refractivity contribution is 5.75.